The molecule has 1 aliphatic heterocycles. The fraction of sp³-hybridized carbons (Fsp3) is 0.625. The number of hydrogen-bond donors (Lipinski definition) is 2. The van der Waals surface area contributed by atoms with Gasteiger partial charge in [0, 0.05) is 24.8 Å². The van der Waals surface area contributed by atoms with Gasteiger partial charge in [0.15, 0.2) is 5.95 Å². The Morgan fingerprint density at radius 3 is 2.83 bits per heavy atom. The van der Waals surface area contributed by atoms with Gasteiger partial charge in [0.25, 0.3) is 0 Å². The van der Waals surface area contributed by atoms with E-state index < -0.39 is 0 Å². The highest BCUT2D eigenvalue weighted by atomic mass is 16.5. The van der Waals surface area contributed by atoms with Gasteiger partial charge in [0.2, 0.25) is 0 Å². The van der Waals surface area contributed by atoms with Crippen LogP contribution in [0.3, 0.4) is 0 Å². The van der Waals surface area contributed by atoms with Crippen molar-refractivity contribution in [3.63, 3.8) is 0 Å². The Kier molecular flexibility index (Phi) is 1.99. The van der Waals surface area contributed by atoms with Gasteiger partial charge in [0.1, 0.15) is 0 Å². The Morgan fingerprint density at radius 1 is 1.50 bits per heavy atom. The third kappa shape index (κ3) is 1.43. The first kappa shape index (κ1) is 7.61. The van der Waals surface area contributed by atoms with Gasteiger partial charge in [-0.15, -0.1) is 0 Å². The zero-order chi connectivity index (χ0) is 8.39. The van der Waals surface area contributed by atoms with Gasteiger partial charge < -0.3 is 15.5 Å². The Bertz CT molecular complexity index is 253. The summed E-state index contributed by atoms with van der Waals surface area (Å²) in [6, 6.07) is 0. The molecule has 1 aromatic rings. The van der Waals surface area contributed by atoms with Crippen molar-refractivity contribution in [1.29, 1.82) is 0 Å². The lowest BCUT2D eigenvalue weighted by Gasteiger charge is -2.20. The minimum absolute atomic E-state index is 0.511. The van der Waals surface area contributed by atoms with Gasteiger partial charge >= 0.3 is 0 Å². The number of ether oxygens (including phenoxy) is 1. The monoisotopic (exact) mass is 167 g/mol. The van der Waals surface area contributed by atoms with Crippen LogP contribution in [0.4, 0.5) is 5.95 Å². The number of anilines is 1. The van der Waals surface area contributed by atoms with Crippen LogP contribution >= 0.6 is 0 Å². The van der Waals surface area contributed by atoms with Crippen LogP contribution in [0.5, 0.6) is 0 Å². The van der Waals surface area contributed by atoms with E-state index in [0.29, 0.717) is 11.9 Å². The molecule has 1 aromatic heterocycles. The van der Waals surface area contributed by atoms with Crippen molar-refractivity contribution < 1.29 is 4.74 Å². The Hall–Kier alpha value is -1.03. The first-order chi connectivity index (χ1) is 5.86. The minimum atomic E-state index is 0.511. The Labute approximate surface area is 71.1 Å². The number of nitrogens with two attached hydrogens (primary N) is 1. The molecular formula is C8H13N3O. The summed E-state index contributed by atoms with van der Waals surface area (Å²) in [4.78, 5) is 7.03. The summed E-state index contributed by atoms with van der Waals surface area (Å²) in [5, 5.41) is 0. The smallest absolute Gasteiger partial charge is 0.197 e. The van der Waals surface area contributed by atoms with Crippen molar-refractivity contribution in [2.45, 2.75) is 18.8 Å². The van der Waals surface area contributed by atoms with E-state index in [0.717, 1.165) is 31.7 Å². The van der Waals surface area contributed by atoms with E-state index in [-0.39, 0.29) is 0 Å². The number of imidazole rings is 1. The normalized spacial score (nSPS) is 19.7. The van der Waals surface area contributed by atoms with Gasteiger partial charge in [-0.2, -0.15) is 0 Å². The molecule has 0 spiro atoms. The third-order valence-electron chi connectivity index (χ3n) is 2.28. The van der Waals surface area contributed by atoms with Crippen LogP contribution < -0.4 is 5.73 Å². The zero-order valence-electron chi connectivity index (χ0n) is 6.92. The van der Waals surface area contributed by atoms with Crippen LogP contribution in [0.25, 0.3) is 0 Å². The van der Waals surface area contributed by atoms with E-state index in [1.807, 2.05) is 6.20 Å². The molecule has 0 aliphatic carbocycles. The summed E-state index contributed by atoms with van der Waals surface area (Å²) in [6.07, 6.45) is 3.97. The molecule has 0 amide bonds. The lowest BCUT2D eigenvalue weighted by atomic mass is 9.97. The maximum absolute atomic E-state index is 5.49. The molecule has 0 bridgehead atoms. The second kappa shape index (κ2) is 3.15. The number of nitrogen functional groups attached to an aromatic ring is 1. The van der Waals surface area contributed by atoms with Gasteiger partial charge in [-0.25, -0.2) is 4.98 Å². The Morgan fingerprint density at radius 2 is 2.25 bits per heavy atom. The Balaban J connectivity index is 2.08. The molecular weight excluding hydrogens is 154 g/mol. The summed E-state index contributed by atoms with van der Waals surface area (Å²) < 4.78 is 5.26. The van der Waals surface area contributed by atoms with Crippen LogP contribution in [-0.4, -0.2) is 23.2 Å². The number of rotatable bonds is 1. The number of nitrogens with zero attached hydrogens (tertiary/aromatic N) is 1. The molecule has 0 aromatic carbocycles. The van der Waals surface area contributed by atoms with E-state index in [1.165, 1.54) is 0 Å². The van der Waals surface area contributed by atoms with Crippen LogP contribution in [-0.2, 0) is 4.74 Å². The van der Waals surface area contributed by atoms with Crippen molar-refractivity contribution in [2.24, 2.45) is 0 Å². The second-order valence-corrected chi connectivity index (χ2v) is 3.11. The van der Waals surface area contributed by atoms with Gasteiger partial charge in [-0.3, -0.25) is 0 Å². The van der Waals surface area contributed by atoms with Crippen LogP contribution in [0.1, 0.15) is 24.5 Å². The van der Waals surface area contributed by atoms with Crippen LogP contribution in [0, 0.1) is 0 Å². The first-order valence-corrected chi connectivity index (χ1v) is 4.24. The minimum Gasteiger partial charge on any atom is -0.381 e. The molecule has 12 heavy (non-hydrogen) atoms. The van der Waals surface area contributed by atoms with E-state index in [1.54, 1.807) is 0 Å². The van der Waals surface area contributed by atoms with Crippen LogP contribution in [0.15, 0.2) is 6.20 Å². The average Bonchev–Trinajstić information content (AvgIpc) is 2.54. The van der Waals surface area contributed by atoms with Gasteiger partial charge in [-0.1, -0.05) is 0 Å². The molecule has 2 heterocycles. The highest BCUT2D eigenvalue weighted by molar-refractivity contribution is 5.20. The molecule has 1 fully saturated rings. The number of H-pyrrole nitrogens is 1. The third-order valence-corrected chi connectivity index (χ3v) is 2.28. The fourth-order valence-electron chi connectivity index (χ4n) is 1.57. The number of nitrogens with one attached hydrogen (secondary N) is 1. The predicted molar refractivity (Wildman–Crippen MR) is 45.8 cm³/mol. The summed E-state index contributed by atoms with van der Waals surface area (Å²) >= 11 is 0. The molecule has 1 aliphatic rings. The fourth-order valence-corrected chi connectivity index (χ4v) is 1.57. The van der Waals surface area contributed by atoms with E-state index in [9.17, 15) is 0 Å². The molecule has 0 atom stereocenters. The molecule has 1 saturated heterocycles. The van der Waals surface area contributed by atoms with Gasteiger partial charge in [0.05, 0.1) is 6.20 Å². The standard InChI is InChI=1S/C8H13N3O/c9-8-10-5-7(11-8)6-1-3-12-4-2-6/h5-6H,1-4H2,(H3,9,10,11). The largest absolute Gasteiger partial charge is 0.381 e. The summed E-state index contributed by atoms with van der Waals surface area (Å²) in [6.45, 7) is 1.70. The van der Waals surface area contributed by atoms with Crippen molar-refractivity contribution in [3.8, 4) is 0 Å². The lowest BCUT2D eigenvalue weighted by molar-refractivity contribution is 0.0846. The molecule has 0 radical (unpaired) electrons. The molecule has 3 N–H and O–H groups in total. The van der Waals surface area contributed by atoms with Crippen molar-refractivity contribution in [1.82, 2.24) is 9.97 Å². The van der Waals surface area contributed by atoms with Crippen molar-refractivity contribution in [2.75, 3.05) is 18.9 Å². The van der Waals surface area contributed by atoms with E-state index >= 15 is 0 Å². The molecule has 66 valence electrons. The van der Waals surface area contributed by atoms with Crippen LogP contribution in [0.2, 0.25) is 0 Å². The maximum atomic E-state index is 5.49. The number of aromatic nitrogens is 2. The molecule has 0 unspecified atom stereocenters. The van der Waals surface area contributed by atoms with E-state index in [2.05, 4.69) is 9.97 Å². The summed E-state index contributed by atoms with van der Waals surface area (Å²) in [7, 11) is 0. The SMILES string of the molecule is Nc1ncc(C2CCOCC2)[nH]1. The zero-order valence-corrected chi connectivity index (χ0v) is 6.92. The summed E-state index contributed by atoms with van der Waals surface area (Å²) in [5.41, 5.74) is 6.64. The highest BCUT2D eigenvalue weighted by Gasteiger charge is 2.17. The highest BCUT2D eigenvalue weighted by Crippen LogP contribution is 2.25. The first-order valence-electron chi connectivity index (χ1n) is 4.24. The summed E-state index contributed by atoms with van der Waals surface area (Å²) in [5.74, 6) is 1.07. The number of hydrogen-bond acceptors (Lipinski definition) is 3. The predicted octanol–water partition coefficient (Wildman–Crippen LogP) is 0.886. The second-order valence-electron chi connectivity index (χ2n) is 3.11. The quantitative estimate of drug-likeness (QED) is 0.652. The molecule has 0 saturated carbocycles. The topological polar surface area (TPSA) is 63.9 Å². The average molecular weight is 167 g/mol. The lowest BCUT2D eigenvalue weighted by Crippen LogP contribution is -2.14. The molecule has 4 nitrogen and oxygen atoms in total. The number of aromatic amines is 1. The van der Waals surface area contributed by atoms with E-state index in [4.69, 9.17) is 10.5 Å². The maximum Gasteiger partial charge on any atom is 0.197 e. The molecule has 4 heteroatoms. The van der Waals surface area contributed by atoms with Crippen molar-refractivity contribution in [3.05, 3.63) is 11.9 Å². The van der Waals surface area contributed by atoms with Crippen molar-refractivity contribution >= 4 is 5.95 Å². The molecule has 2 rings (SSSR count). The van der Waals surface area contributed by atoms with Gasteiger partial charge in [-0.05, 0) is 12.8 Å².